The van der Waals surface area contributed by atoms with Gasteiger partial charge in [-0.3, -0.25) is 9.69 Å². The number of carbonyl (C=O) groups excluding carboxylic acids is 1. The molecule has 0 saturated carbocycles. The Labute approximate surface area is 142 Å². The fraction of sp³-hybridized carbons (Fsp3) is 0.375. The molecular formula is C16H17NO6S. The van der Waals surface area contributed by atoms with Crippen LogP contribution in [0.4, 0.5) is 0 Å². The Morgan fingerprint density at radius 1 is 1.33 bits per heavy atom. The molecule has 2 aliphatic heterocycles. The molecule has 1 aromatic rings. The van der Waals surface area contributed by atoms with Crippen molar-refractivity contribution in [3.63, 3.8) is 0 Å². The van der Waals surface area contributed by atoms with Gasteiger partial charge in [0.25, 0.3) is 0 Å². The average molecular weight is 351 g/mol. The summed E-state index contributed by atoms with van der Waals surface area (Å²) < 4.78 is 10.7. The summed E-state index contributed by atoms with van der Waals surface area (Å²) in [6, 6.07) is 6.92. The molecule has 0 spiro atoms. The van der Waals surface area contributed by atoms with E-state index in [1.54, 1.807) is 31.4 Å². The number of carbonyl (C=O) groups is 2. The first-order valence-electron chi connectivity index (χ1n) is 7.35. The molecule has 0 aromatic heterocycles. The minimum atomic E-state index is -1.17. The van der Waals surface area contributed by atoms with Crippen LogP contribution in [0.1, 0.15) is 6.92 Å². The highest BCUT2D eigenvalue weighted by molar-refractivity contribution is 8.04. The zero-order valence-corrected chi connectivity index (χ0v) is 13.9. The van der Waals surface area contributed by atoms with Crippen LogP contribution in [0.25, 0.3) is 0 Å². The van der Waals surface area contributed by atoms with Crippen LogP contribution in [-0.4, -0.2) is 52.2 Å². The molecule has 3 rings (SSSR count). The molecule has 0 aliphatic carbocycles. The molecule has 3 atom stereocenters. The number of fused-ring (bicyclic) bond motifs is 1. The zero-order chi connectivity index (χ0) is 17.4. The predicted octanol–water partition coefficient (Wildman–Crippen LogP) is 1.28. The summed E-state index contributed by atoms with van der Waals surface area (Å²) in [4.78, 5) is 25.3. The molecule has 1 fully saturated rings. The number of β-lactam (4-membered cyclic amide) rings is 1. The molecule has 0 unspecified atom stereocenters. The van der Waals surface area contributed by atoms with Crippen LogP contribution in [0.2, 0.25) is 0 Å². The number of aliphatic hydroxyl groups is 1. The van der Waals surface area contributed by atoms with Crippen molar-refractivity contribution >= 4 is 23.6 Å². The third-order valence-corrected chi connectivity index (χ3v) is 5.35. The molecule has 2 aliphatic rings. The quantitative estimate of drug-likeness (QED) is 0.745. The van der Waals surface area contributed by atoms with Crippen molar-refractivity contribution in [3.05, 3.63) is 34.9 Å². The van der Waals surface area contributed by atoms with E-state index < -0.39 is 18.0 Å². The van der Waals surface area contributed by atoms with E-state index in [0.29, 0.717) is 16.4 Å². The highest BCUT2D eigenvalue weighted by atomic mass is 32.2. The number of methoxy groups -OCH3 is 1. The van der Waals surface area contributed by atoms with E-state index in [1.807, 2.05) is 0 Å². The van der Waals surface area contributed by atoms with Crippen molar-refractivity contribution in [1.82, 2.24) is 4.90 Å². The van der Waals surface area contributed by atoms with Crippen molar-refractivity contribution in [1.29, 1.82) is 0 Å². The van der Waals surface area contributed by atoms with E-state index in [2.05, 4.69) is 0 Å². The number of aliphatic hydroxyl groups excluding tert-OH is 1. The molecule has 1 saturated heterocycles. The molecule has 8 heteroatoms. The molecule has 0 bridgehead atoms. The van der Waals surface area contributed by atoms with Gasteiger partial charge in [0, 0.05) is 0 Å². The summed E-state index contributed by atoms with van der Waals surface area (Å²) in [7, 11) is 1.56. The highest BCUT2D eigenvalue weighted by Gasteiger charge is 2.57. The van der Waals surface area contributed by atoms with Crippen molar-refractivity contribution in [3.8, 4) is 11.5 Å². The van der Waals surface area contributed by atoms with E-state index in [-0.39, 0.29) is 23.6 Å². The normalized spacial score (nSPS) is 23.6. The van der Waals surface area contributed by atoms with Crippen LogP contribution in [0.5, 0.6) is 11.5 Å². The maximum atomic E-state index is 12.1. The van der Waals surface area contributed by atoms with E-state index in [0.717, 1.165) is 0 Å². The number of thioether (sulfide) groups is 1. The number of amides is 1. The zero-order valence-electron chi connectivity index (χ0n) is 13.1. The van der Waals surface area contributed by atoms with E-state index >= 15 is 0 Å². The second-order valence-corrected chi connectivity index (χ2v) is 6.74. The molecular weight excluding hydrogens is 334 g/mol. The maximum absolute atomic E-state index is 12.1. The number of carboxylic acids is 1. The number of benzene rings is 1. The van der Waals surface area contributed by atoms with Crippen LogP contribution in [0.15, 0.2) is 34.9 Å². The average Bonchev–Trinajstić information content (AvgIpc) is 2.87. The predicted molar refractivity (Wildman–Crippen MR) is 86.5 cm³/mol. The van der Waals surface area contributed by atoms with Gasteiger partial charge in [0.1, 0.15) is 29.2 Å². The van der Waals surface area contributed by atoms with E-state index in [1.165, 1.54) is 23.6 Å². The molecule has 2 N–H and O–H groups in total. The van der Waals surface area contributed by atoms with Crippen LogP contribution in [0.3, 0.4) is 0 Å². The number of rotatable bonds is 6. The number of nitrogens with zero attached hydrogens (tertiary/aromatic N) is 1. The first kappa shape index (κ1) is 16.7. The lowest BCUT2D eigenvalue weighted by atomic mass is 9.92. The Balaban J connectivity index is 1.74. The summed E-state index contributed by atoms with van der Waals surface area (Å²) in [5, 5.41) is 18.7. The van der Waals surface area contributed by atoms with Gasteiger partial charge in [-0.2, -0.15) is 0 Å². The fourth-order valence-electron chi connectivity index (χ4n) is 2.78. The Morgan fingerprint density at radius 3 is 2.50 bits per heavy atom. The topological polar surface area (TPSA) is 96.3 Å². The summed E-state index contributed by atoms with van der Waals surface area (Å²) in [5.41, 5.74) is -0.0552. The van der Waals surface area contributed by atoms with Crippen LogP contribution < -0.4 is 9.47 Å². The van der Waals surface area contributed by atoms with Gasteiger partial charge in [0.15, 0.2) is 0 Å². The third-order valence-electron chi connectivity index (χ3n) is 4.00. The minimum Gasteiger partial charge on any atom is -0.497 e. The molecule has 2 heterocycles. The highest BCUT2D eigenvalue weighted by Crippen LogP contribution is 2.50. The minimum absolute atomic E-state index is 0.0471. The van der Waals surface area contributed by atoms with Gasteiger partial charge in [-0.15, -0.1) is 0 Å². The lowest BCUT2D eigenvalue weighted by Crippen LogP contribution is -2.60. The summed E-state index contributed by atoms with van der Waals surface area (Å²) in [6.45, 7) is 1.58. The van der Waals surface area contributed by atoms with Crippen LogP contribution in [0, 0.1) is 5.92 Å². The van der Waals surface area contributed by atoms with Crippen molar-refractivity contribution in [2.75, 3.05) is 13.7 Å². The number of carboxylic acid groups (broad SMARTS) is 1. The Bertz CT molecular complexity index is 699. The van der Waals surface area contributed by atoms with Crippen LogP contribution in [-0.2, 0) is 9.59 Å². The van der Waals surface area contributed by atoms with Crippen molar-refractivity contribution < 1.29 is 29.3 Å². The van der Waals surface area contributed by atoms with Gasteiger partial charge in [-0.05, 0) is 31.2 Å². The largest absolute Gasteiger partial charge is 0.497 e. The Morgan fingerprint density at radius 2 is 1.96 bits per heavy atom. The van der Waals surface area contributed by atoms with Gasteiger partial charge < -0.3 is 19.7 Å². The first-order chi connectivity index (χ1) is 11.4. The standard InChI is InChI=1S/C16H17NO6S/c1-8(18)12-14(19)17-13(16(20)21)11(24-15(12)17)7-23-10-5-3-9(22-2)4-6-10/h3-6,8,12,15,18H,7H2,1-2H3,(H,20,21)/t8-,12+,15-/m1/s1. The number of ether oxygens (including phenoxy) is 2. The molecule has 7 nitrogen and oxygen atoms in total. The summed E-state index contributed by atoms with van der Waals surface area (Å²) in [5.74, 6) is -0.850. The van der Waals surface area contributed by atoms with Gasteiger partial charge in [0.05, 0.1) is 24.0 Å². The maximum Gasteiger partial charge on any atom is 0.353 e. The van der Waals surface area contributed by atoms with Gasteiger partial charge in [0.2, 0.25) is 5.91 Å². The SMILES string of the molecule is COc1ccc(OCC2=C(C(=O)O)N3C(=O)[C@H]([C@@H](C)O)[C@H]3S2)cc1. The monoisotopic (exact) mass is 351 g/mol. The number of aliphatic carboxylic acids is 1. The van der Waals surface area contributed by atoms with Crippen LogP contribution >= 0.6 is 11.8 Å². The van der Waals surface area contributed by atoms with Gasteiger partial charge in [-0.25, -0.2) is 4.79 Å². The first-order valence-corrected chi connectivity index (χ1v) is 8.23. The lowest BCUT2D eigenvalue weighted by molar-refractivity contribution is -0.156. The third kappa shape index (κ3) is 2.71. The fourth-order valence-corrected chi connectivity index (χ4v) is 4.30. The number of hydrogen-bond donors (Lipinski definition) is 2. The van der Waals surface area contributed by atoms with E-state index in [4.69, 9.17) is 9.47 Å². The lowest BCUT2D eigenvalue weighted by Gasteiger charge is -2.43. The Kier molecular flexibility index (Phi) is 4.42. The second kappa shape index (κ2) is 6.37. The molecule has 128 valence electrons. The van der Waals surface area contributed by atoms with Gasteiger partial charge >= 0.3 is 5.97 Å². The smallest absolute Gasteiger partial charge is 0.353 e. The molecule has 0 radical (unpaired) electrons. The number of hydrogen-bond acceptors (Lipinski definition) is 6. The molecule has 1 amide bonds. The summed E-state index contributed by atoms with van der Waals surface area (Å²) >= 11 is 1.26. The van der Waals surface area contributed by atoms with E-state index in [9.17, 15) is 19.8 Å². The second-order valence-electron chi connectivity index (χ2n) is 5.52. The molecule has 1 aromatic carbocycles. The van der Waals surface area contributed by atoms with Crippen molar-refractivity contribution in [2.45, 2.75) is 18.4 Å². The van der Waals surface area contributed by atoms with Gasteiger partial charge in [-0.1, -0.05) is 11.8 Å². The molecule has 24 heavy (non-hydrogen) atoms. The van der Waals surface area contributed by atoms with Crippen molar-refractivity contribution in [2.24, 2.45) is 5.92 Å². The summed E-state index contributed by atoms with van der Waals surface area (Å²) in [6.07, 6.45) is -0.817. The Hall–Kier alpha value is -2.19.